The van der Waals surface area contributed by atoms with Crippen LogP contribution in [0.2, 0.25) is 0 Å². The summed E-state index contributed by atoms with van der Waals surface area (Å²) in [6.45, 7) is 0.640. The third-order valence-corrected chi connectivity index (χ3v) is 1.66. The van der Waals surface area contributed by atoms with Gasteiger partial charge in [-0.15, -0.1) is 0 Å². The van der Waals surface area contributed by atoms with Gasteiger partial charge >= 0.3 is 0 Å². The molecule has 0 aliphatic rings. The summed E-state index contributed by atoms with van der Waals surface area (Å²) in [4.78, 5) is 9.72. The van der Waals surface area contributed by atoms with Gasteiger partial charge in [-0.2, -0.15) is 0 Å². The summed E-state index contributed by atoms with van der Waals surface area (Å²) in [6, 6.07) is 4.16. The van der Waals surface area contributed by atoms with Crippen molar-refractivity contribution in [2.45, 2.75) is 6.54 Å². The Labute approximate surface area is 75.2 Å². The smallest absolute Gasteiger partial charge is 0.262 e. The molecular formula is C8H10N2O3. The predicted octanol–water partition coefficient (Wildman–Crippen LogP) is -0.638. The maximum atomic E-state index is 11.0. The molecule has 0 radical (unpaired) electrons. The van der Waals surface area contributed by atoms with Crippen LogP contribution in [0.5, 0.6) is 5.75 Å². The van der Waals surface area contributed by atoms with E-state index in [9.17, 15) is 15.2 Å². The topological polar surface area (TPSA) is 82.8 Å². The lowest BCUT2D eigenvalue weighted by molar-refractivity contribution is -0.643. The van der Waals surface area contributed by atoms with Crippen LogP contribution in [0.1, 0.15) is 5.56 Å². The number of nitrogens with zero attached hydrogens (tertiary/aromatic N) is 1. The molecule has 2 N–H and O–H groups in total. The number of nitro benzene ring substituents is 1. The number of benzene rings is 1. The fraction of sp³-hybridized carbons (Fsp3) is 0.250. The lowest BCUT2D eigenvalue weighted by Crippen LogP contribution is -2.77. The quantitative estimate of drug-likeness (QED) is 0.498. The molecule has 1 aromatic rings. The maximum absolute atomic E-state index is 11.0. The monoisotopic (exact) mass is 182 g/mol. The van der Waals surface area contributed by atoms with Crippen molar-refractivity contribution < 1.29 is 15.3 Å². The summed E-state index contributed by atoms with van der Waals surface area (Å²) in [6.07, 6.45) is 0. The van der Waals surface area contributed by atoms with E-state index in [4.69, 9.17) is 0 Å². The molecule has 0 amide bonds. The Balaban J connectivity index is 3.04. The molecule has 0 bridgehead atoms. The molecule has 0 fully saturated rings. The fourth-order valence-corrected chi connectivity index (χ4v) is 1.07. The molecular weight excluding hydrogens is 172 g/mol. The number of quaternary nitrogens is 1. The van der Waals surface area contributed by atoms with Gasteiger partial charge in [0.2, 0.25) is 0 Å². The molecule has 0 saturated heterocycles. The van der Waals surface area contributed by atoms with Crippen LogP contribution in [0.25, 0.3) is 0 Å². The molecule has 0 spiro atoms. The lowest BCUT2D eigenvalue weighted by atomic mass is 10.2. The van der Waals surface area contributed by atoms with Crippen molar-refractivity contribution >= 4 is 5.69 Å². The Morgan fingerprint density at radius 1 is 1.54 bits per heavy atom. The molecule has 0 aliphatic heterocycles. The van der Waals surface area contributed by atoms with E-state index < -0.39 is 10.7 Å². The second-order valence-electron chi connectivity index (χ2n) is 2.67. The fourth-order valence-electron chi connectivity index (χ4n) is 1.07. The van der Waals surface area contributed by atoms with Crippen LogP contribution in [0.4, 0.5) is 5.69 Å². The highest BCUT2D eigenvalue weighted by molar-refractivity contribution is 5.46. The Morgan fingerprint density at radius 3 is 2.77 bits per heavy atom. The summed E-state index contributed by atoms with van der Waals surface area (Å²) < 4.78 is 0. The van der Waals surface area contributed by atoms with E-state index in [-0.39, 0.29) is 5.69 Å². The van der Waals surface area contributed by atoms with E-state index in [0.717, 1.165) is 5.56 Å². The van der Waals surface area contributed by atoms with Crippen molar-refractivity contribution in [2.75, 3.05) is 7.05 Å². The SMILES string of the molecule is C[NH2+]Cc1ccc([O-])c([N+](=O)[O-])c1. The first kappa shape index (κ1) is 9.47. The van der Waals surface area contributed by atoms with E-state index >= 15 is 0 Å². The standard InChI is InChI=1S/C8H10N2O3/c1-9-5-6-2-3-8(11)7(4-6)10(12)13/h2-4,9,11H,5H2,1H3. The van der Waals surface area contributed by atoms with Gasteiger partial charge in [0.05, 0.1) is 12.0 Å². The normalized spacial score (nSPS) is 9.92. The minimum atomic E-state index is -0.651. The summed E-state index contributed by atoms with van der Waals surface area (Å²) in [7, 11) is 1.86. The highest BCUT2D eigenvalue weighted by Crippen LogP contribution is 2.23. The number of nitro groups is 1. The summed E-state index contributed by atoms with van der Waals surface area (Å²) in [5.74, 6) is -0.537. The average molecular weight is 182 g/mol. The van der Waals surface area contributed by atoms with Gasteiger partial charge in [0, 0.05) is 11.6 Å². The number of rotatable bonds is 3. The van der Waals surface area contributed by atoms with Crippen molar-refractivity contribution in [3.05, 3.63) is 33.9 Å². The van der Waals surface area contributed by atoms with Gasteiger partial charge < -0.3 is 10.4 Å². The van der Waals surface area contributed by atoms with E-state index in [0.29, 0.717) is 6.54 Å². The van der Waals surface area contributed by atoms with Crippen LogP contribution in [0.3, 0.4) is 0 Å². The third-order valence-electron chi connectivity index (χ3n) is 1.66. The van der Waals surface area contributed by atoms with Crippen LogP contribution in [-0.2, 0) is 6.54 Å². The van der Waals surface area contributed by atoms with Crippen LogP contribution in [0, 0.1) is 10.1 Å². The molecule has 0 unspecified atom stereocenters. The van der Waals surface area contributed by atoms with Crippen LogP contribution < -0.4 is 10.4 Å². The van der Waals surface area contributed by atoms with Gasteiger partial charge in [-0.25, -0.2) is 0 Å². The van der Waals surface area contributed by atoms with Crippen LogP contribution >= 0.6 is 0 Å². The predicted molar refractivity (Wildman–Crippen MR) is 44.1 cm³/mol. The Hall–Kier alpha value is -1.62. The minimum Gasteiger partial charge on any atom is -0.868 e. The molecule has 1 aromatic carbocycles. The maximum Gasteiger partial charge on any atom is 0.262 e. The van der Waals surface area contributed by atoms with Gasteiger partial charge in [0.25, 0.3) is 5.69 Å². The molecule has 0 saturated carbocycles. The lowest BCUT2D eigenvalue weighted by Gasteiger charge is -2.06. The van der Waals surface area contributed by atoms with E-state index in [2.05, 4.69) is 0 Å². The van der Waals surface area contributed by atoms with Crippen LogP contribution in [-0.4, -0.2) is 12.0 Å². The minimum absolute atomic E-state index is 0.348. The molecule has 0 atom stereocenters. The first-order valence-corrected chi connectivity index (χ1v) is 3.87. The Bertz CT molecular complexity index is 325. The molecule has 70 valence electrons. The van der Waals surface area contributed by atoms with Gasteiger partial charge in [-0.3, -0.25) is 10.1 Å². The van der Waals surface area contributed by atoms with Gasteiger partial charge in [0.15, 0.2) is 0 Å². The molecule has 0 aromatic heterocycles. The van der Waals surface area contributed by atoms with Gasteiger partial charge in [-0.1, -0.05) is 12.1 Å². The molecule has 13 heavy (non-hydrogen) atoms. The van der Waals surface area contributed by atoms with E-state index in [1.54, 1.807) is 6.07 Å². The molecule has 5 heteroatoms. The zero-order valence-electron chi connectivity index (χ0n) is 7.19. The zero-order valence-corrected chi connectivity index (χ0v) is 7.19. The summed E-state index contributed by atoms with van der Waals surface area (Å²) in [5.41, 5.74) is 0.438. The number of nitrogens with two attached hydrogens (primary N) is 1. The van der Waals surface area contributed by atoms with Crippen molar-refractivity contribution in [3.8, 4) is 5.75 Å². The second-order valence-corrected chi connectivity index (χ2v) is 2.67. The third kappa shape index (κ3) is 2.16. The second kappa shape index (κ2) is 3.86. The van der Waals surface area contributed by atoms with E-state index in [1.807, 2.05) is 12.4 Å². The largest absolute Gasteiger partial charge is 0.868 e. The highest BCUT2D eigenvalue weighted by Gasteiger charge is 2.07. The molecule has 5 nitrogen and oxygen atoms in total. The first-order chi connectivity index (χ1) is 6.15. The van der Waals surface area contributed by atoms with Crippen LogP contribution in [0.15, 0.2) is 18.2 Å². The van der Waals surface area contributed by atoms with Crippen molar-refractivity contribution in [1.29, 1.82) is 0 Å². The van der Waals surface area contributed by atoms with Gasteiger partial charge in [0.1, 0.15) is 6.54 Å². The molecule has 0 aliphatic carbocycles. The van der Waals surface area contributed by atoms with Crippen molar-refractivity contribution in [3.63, 3.8) is 0 Å². The highest BCUT2D eigenvalue weighted by atomic mass is 16.6. The number of hydrogen-bond acceptors (Lipinski definition) is 3. The Morgan fingerprint density at radius 2 is 2.23 bits per heavy atom. The van der Waals surface area contributed by atoms with E-state index in [1.165, 1.54) is 12.1 Å². The van der Waals surface area contributed by atoms with Crippen molar-refractivity contribution in [2.24, 2.45) is 0 Å². The first-order valence-electron chi connectivity index (χ1n) is 3.87. The summed E-state index contributed by atoms with van der Waals surface area (Å²) in [5, 5.41) is 23.2. The number of hydrogen-bond donors (Lipinski definition) is 1. The average Bonchev–Trinajstić information content (AvgIpc) is 2.08. The molecule has 0 heterocycles. The van der Waals surface area contributed by atoms with Crippen molar-refractivity contribution in [1.82, 2.24) is 0 Å². The summed E-state index contributed by atoms with van der Waals surface area (Å²) >= 11 is 0. The van der Waals surface area contributed by atoms with Gasteiger partial charge in [-0.05, 0) is 5.75 Å². The molecule has 1 rings (SSSR count). The Kier molecular flexibility index (Phi) is 2.81. The zero-order chi connectivity index (χ0) is 9.84.